The van der Waals surface area contributed by atoms with Crippen molar-refractivity contribution in [1.29, 1.82) is 0 Å². The standard InChI is InChI=1S/C15H19F2NO2/c1-2-10(5-6-19)18-15(20)12-8-11(12)9-3-4-13(16)14(17)7-9/h3-4,7,10-12,19H,2,5-6,8H2,1H3,(H,18,20). The van der Waals surface area contributed by atoms with Gasteiger partial charge in [0.25, 0.3) is 0 Å². The molecule has 1 saturated carbocycles. The van der Waals surface area contributed by atoms with Crippen LogP contribution in [-0.2, 0) is 4.79 Å². The maximum Gasteiger partial charge on any atom is 0.223 e. The fraction of sp³-hybridized carbons (Fsp3) is 0.533. The van der Waals surface area contributed by atoms with Crippen LogP contribution in [-0.4, -0.2) is 23.7 Å². The highest BCUT2D eigenvalue weighted by Gasteiger charge is 2.44. The molecule has 3 nitrogen and oxygen atoms in total. The van der Waals surface area contributed by atoms with Gasteiger partial charge in [0, 0.05) is 18.6 Å². The second-order valence-corrected chi connectivity index (χ2v) is 5.25. The number of rotatable bonds is 6. The summed E-state index contributed by atoms with van der Waals surface area (Å²) >= 11 is 0. The van der Waals surface area contributed by atoms with Crippen LogP contribution in [0, 0.1) is 17.6 Å². The quantitative estimate of drug-likeness (QED) is 0.842. The third-order valence-corrected chi connectivity index (χ3v) is 3.82. The minimum Gasteiger partial charge on any atom is -0.396 e. The highest BCUT2D eigenvalue weighted by atomic mass is 19.2. The highest BCUT2D eigenvalue weighted by molar-refractivity contribution is 5.83. The molecule has 3 unspecified atom stereocenters. The normalized spacial score (nSPS) is 22.4. The van der Waals surface area contributed by atoms with E-state index in [1.54, 1.807) is 0 Å². The molecule has 110 valence electrons. The summed E-state index contributed by atoms with van der Waals surface area (Å²) < 4.78 is 26.0. The first-order chi connectivity index (χ1) is 9.56. The molecule has 0 heterocycles. The van der Waals surface area contributed by atoms with Gasteiger partial charge in [-0.25, -0.2) is 8.78 Å². The summed E-state index contributed by atoms with van der Waals surface area (Å²) in [6.45, 7) is 1.98. The molecule has 20 heavy (non-hydrogen) atoms. The number of nitrogens with one attached hydrogen (secondary N) is 1. The number of aliphatic hydroxyl groups excluding tert-OH is 1. The van der Waals surface area contributed by atoms with Crippen LogP contribution in [0.15, 0.2) is 18.2 Å². The Morgan fingerprint density at radius 3 is 2.80 bits per heavy atom. The monoisotopic (exact) mass is 283 g/mol. The van der Waals surface area contributed by atoms with Crippen molar-refractivity contribution in [3.05, 3.63) is 35.4 Å². The van der Waals surface area contributed by atoms with Crippen LogP contribution >= 0.6 is 0 Å². The minimum absolute atomic E-state index is 0.0290. The molecule has 3 atom stereocenters. The van der Waals surface area contributed by atoms with Gasteiger partial charge in [-0.15, -0.1) is 0 Å². The third kappa shape index (κ3) is 3.33. The number of halogens is 2. The fourth-order valence-corrected chi connectivity index (χ4v) is 2.44. The van der Waals surface area contributed by atoms with Gasteiger partial charge in [-0.3, -0.25) is 4.79 Å². The summed E-state index contributed by atoms with van der Waals surface area (Å²) in [6, 6.07) is 3.76. The van der Waals surface area contributed by atoms with Crippen LogP contribution in [0.5, 0.6) is 0 Å². The smallest absolute Gasteiger partial charge is 0.223 e. The van der Waals surface area contributed by atoms with E-state index in [-0.39, 0.29) is 30.4 Å². The van der Waals surface area contributed by atoms with Crippen molar-refractivity contribution in [1.82, 2.24) is 5.32 Å². The van der Waals surface area contributed by atoms with E-state index in [1.165, 1.54) is 6.07 Å². The molecule has 0 saturated heterocycles. The maximum absolute atomic E-state index is 13.2. The predicted octanol–water partition coefficient (Wildman–Crippen LogP) is 2.35. The van der Waals surface area contributed by atoms with E-state index in [2.05, 4.69) is 5.32 Å². The number of benzene rings is 1. The van der Waals surface area contributed by atoms with Gasteiger partial charge < -0.3 is 10.4 Å². The summed E-state index contributed by atoms with van der Waals surface area (Å²) in [5, 5.41) is 11.8. The number of amides is 1. The Kier molecular flexibility index (Phi) is 4.70. The largest absolute Gasteiger partial charge is 0.396 e. The van der Waals surface area contributed by atoms with Crippen molar-refractivity contribution in [2.45, 2.75) is 38.1 Å². The second kappa shape index (κ2) is 6.31. The van der Waals surface area contributed by atoms with Crippen molar-refractivity contribution in [3.63, 3.8) is 0 Å². The lowest BCUT2D eigenvalue weighted by Gasteiger charge is -2.15. The molecule has 1 amide bonds. The van der Waals surface area contributed by atoms with E-state index in [0.29, 0.717) is 18.4 Å². The van der Waals surface area contributed by atoms with Gasteiger partial charge in [0.05, 0.1) is 0 Å². The minimum atomic E-state index is -0.875. The summed E-state index contributed by atoms with van der Waals surface area (Å²) in [6.07, 6.45) is 1.95. The predicted molar refractivity (Wildman–Crippen MR) is 71.1 cm³/mol. The Balaban J connectivity index is 1.93. The Morgan fingerprint density at radius 1 is 1.45 bits per heavy atom. The first-order valence-electron chi connectivity index (χ1n) is 6.93. The molecule has 1 aromatic carbocycles. The molecule has 0 aromatic heterocycles. The van der Waals surface area contributed by atoms with Gasteiger partial charge in [-0.2, -0.15) is 0 Å². The first-order valence-corrected chi connectivity index (χ1v) is 6.93. The van der Waals surface area contributed by atoms with E-state index in [0.717, 1.165) is 18.6 Å². The molecule has 0 bridgehead atoms. The Labute approximate surface area is 117 Å². The van der Waals surface area contributed by atoms with Crippen molar-refractivity contribution < 1.29 is 18.7 Å². The number of hydrogen-bond donors (Lipinski definition) is 2. The van der Waals surface area contributed by atoms with Crippen molar-refractivity contribution in [2.75, 3.05) is 6.61 Å². The molecule has 2 rings (SSSR count). The lowest BCUT2D eigenvalue weighted by Crippen LogP contribution is -2.36. The molecule has 1 aliphatic carbocycles. The molecule has 0 aliphatic heterocycles. The molecule has 5 heteroatoms. The molecule has 1 aliphatic rings. The summed E-state index contributed by atoms with van der Waals surface area (Å²) in [5.41, 5.74) is 0.666. The number of hydrogen-bond acceptors (Lipinski definition) is 2. The molecule has 2 N–H and O–H groups in total. The van der Waals surface area contributed by atoms with Crippen LogP contribution in [0.3, 0.4) is 0 Å². The van der Waals surface area contributed by atoms with Gasteiger partial charge in [-0.1, -0.05) is 13.0 Å². The van der Waals surface area contributed by atoms with Gasteiger partial charge in [-0.05, 0) is 42.9 Å². The van der Waals surface area contributed by atoms with Gasteiger partial charge in [0.15, 0.2) is 11.6 Å². The van der Waals surface area contributed by atoms with E-state index in [1.807, 2.05) is 6.92 Å². The highest BCUT2D eigenvalue weighted by Crippen LogP contribution is 2.47. The third-order valence-electron chi connectivity index (χ3n) is 3.82. The van der Waals surface area contributed by atoms with Crippen LogP contribution < -0.4 is 5.32 Å². The summed E-state index contributed by atoms with van der Waals surface area (Å²) in [5.74, 6) is -2.02. The molecule has 1 aromatic rings. The van der Waals surface area contributed by atoms with E-state index < -0.39 is 11.6 Å². The average molecular weight is 283 g/mol. The van der Waals surface area contributed by atoms with Crippen LogP contribution in [0.25, 0.3) is 0 Å². The van der Waals surface area contributed by atoms with Gasteiger partial charge in [0.2, 0.25) is 5.91 Å². The van der Waals surface area contributed by atoms with E-state index in [9.17, 15) is 13.6 Å². The summed E-state index contributed by atoms with van der Waals surface area (Å²) in [4.78, 5) is 12.0. The SMILES string of the molecule is CCC(CCO)NC(=O)C1CC1c1ccc(F)c(F)c1. The van der Waals surface area contributed by atoms with Gasteiger partial charge >= 0.3 is 0 Å². The topological polar surface area (TPSA) is 49.3 Å². The number of aliphatic hydroxyl groups is 1. The van der Waals surface area contributed by atoms with E-state index >= 15 is 0 Å². The van der Waals surface area contributed by atoms with Crippen LogP contribution in [0.4, 0.5) is 8.78 Å². The zero-order valence-corrected chi connectivity index (χ0v) is 11.4. The molecule has 0 radical (unpaired) electrons. The van der Waals surface area contributed by atoms with E-state index in [4.69, 9.17) is 5.11 Å². The Morgan fingerprint density at radius 2 is 2.20 bits per heavy atom. The van der Waals surface area contributed by atoms with Crippen molar-refractivity contribution in [3.8, 4) is 0 Å². The Bertz CT molecular complexity index is 493. The average Bonchev–Trinajstić information content (AvgIpc) is 3.21. The van der Waals surface area contributed by atoms with Crippen LogP contribution in [0.1, 0.15) is 37.7 Å². The zero-order valence-electron chi connectivity index (χ0n) is 11.4. The second-order valence-electron chi connectivity index (χ2n) is 5.25. The number of carbonyl (C=O) groups is 1. The summed E-state index contributed by atoms with van der Waals surface area (Å²) in [7, 11) is 0. The fourth-order valence-electron chi connectivity index (χ4n) is 2.44. The van der Waals surface area contributed by atoms with Crippen molar-refractivity contribution >= 4 is 5.91 Å². The molecular weight excluding hydrogens is 264 g/mol. The lowest BCUT2D eigenvalue weighted by molar-refractivity contribution is -0.123. The maximum atomic E-state index is 13.2. The molecular formula is C15H19F2NO2. The number of carbonyl (C=O) groups excluding carboxylic acids is 1. The first kappa shape index (κ1) is 14.9. The Hall–Kier alpha value is -1.49. The molecule has 1 fully saturated rings. The van der Waals surface area contributed by atoms with Gasteiger partial charge in [0.1, 0.15) is 0 Å². The molecule has 0 spiro atoms. The van der Waals surface area contributed by atoms with Crippen molar-refractivity contribution in [2.24, 2.45) is 5.92 Å². The zero-order chi connectivity index (χ0) is 14.7. The lowest BCUT2D eigenvalue weighted by atomic mass is 10.1. The van der Waals surface area contributed by atoms with Crippen LogP contribution in [0.2, 0.25) is 0 Å².